The fraction of sp³-hybridized carbons (Fsp3) is 0.235. The van der Waals surface area contributed by atoms with Crippen LogP contribution in [0.1, 0.15) is 11.1 Å². The molecule has 0 aromatic heterocycles. The lowest BCUT2D eigenvalue weighted by molar-refractivity contribution is -0.121. The monoisotopic (exact) mass is 320 g/mol. The summed E-state index contributed by atoms with van der Waals surface area (Å²) in [6, 6.07) is 10.8. The van der Waals surface area contributed by atoms with Gasteiger partial charge in [-0.1, -0.05) is 24.3 Å². The van der Waals surface area contributed by atoms with Crippen molar-refractivity contribution in [3.05, 3.63) is 65.2 Å². The van der Waals surface area contributed by atoms with Crippen molar-refractivity contribution >= 4 is 5.91 Å². The van der Waals surface area contributed by atoms with Crippen molar-refractivity contribution in [2.45, 2.75) is 13.0 Å². The minimum absolute atomic E-state index is 0.205. The molecule has 0 aliphatic heterocycles. The minimum Gasteiger partial charge on any atom is -0.489 e. The number of benzene rings is 2. The fourth-order valence-corrected chi connectivity index (χ4v) is 2.09. The average molecular weight is 320 g/mol. The number of hydrogen-bond donors (Lipinski definition) is 2. The summed E-state index contributed by atoms with van der Waals surface area (Å²) in [5.41, 5.74) is 12.6. The molecule has 0 aliphatic rings. The van der Waals surface area contributed by atoms with E-state index in [1.165, 1.54) is 6.07 Å². The van der Waals surface area contributed by atoms with E-state index in [4.69, 9.17) is 16.2 Å². The van der Waals surface area contributed by atoms with Crippen molar-refractivity contribution in [3.63, 3.8) is 0 Å². The van der Waals surface area contributed by atoms with Crippen LogP contribution in [-0.2, 0) is 17.8 Å². The molecule has 0 radical (unpaired) electrons. The maximum absolute atomic E-state index is 13.1. The number of hydrogen-bond acceptors (Lipinski definition) is 3. The van der Waals surface area contributed by atoms with E-state index in [0.29, 0.717) is 6.42 Å². The van der Waals surface area contributed by atoms with Crippen LogP contribution in [0.4, 0.5) is 8.78 Å². The van der Waals surface area contributed by atoms with Crippen molar-refractivity contribution in [2.24, 2.45) is 17.4 Å². The van der Waals surface area contributed by atoms with Crippen LogP contribution in [0.3, 0.4) is 0 Å². The van der Waals surface area contributed by atoms with Crippen LogP contribution in [0.5, 0.6) is 5.75 Å². The summed E-state index contributed by atoms with van der Waals surface area (Å²) < 4.78 is 31.3. The number of ether oxygens (including phenoxy) is 1. The molecule has 23 heavy (non-hydrogen) atoms. The van der Waals surface area contributed by atoms with Gasteiger partial charge in [-0.15, -0.1) is 0 Å². The molecule has 0 saturated carbocycles. The Bertz CT molecular complexity index is 675. The highest BCUT2D eigenvalue weighted by Crippen LogP contribution is 2.17. The summed E-state index contributed by atoms with van der Waals surface area (Å²) in [6.45, 7) is 0.428. The predicted octanol–water partition coefficient (Wildman–Crippen LogP) is 2.15. The third-order valence-corrected chi connectivity index (χ3v) is 3.49. The zero-order valence-electron chi connectivity index (χ0n) is 12.5. The Balaban J connectivity index is 1.94. The summed E-state index contributed by atoms with van der Waals surface area (Å²) in [5.74, 6) is -2.41. The topological polar surface area (TPSA) is 78.3 Å². The lowest BCUT2D eigenvalue weighted by atomic mass is 9.98. The maximum atomic E-state index is 13.1. The van der Waals surface area contributed by atoms with E-state index in [1.807, 2.05) is 24.3 Å². The first-order valence-electron chi connectivity index (χ1n) is 7.14. The molecular formula is C17H18F2N2O2. The summed E-state index contributed by atoms with van der Waals surface area (Å²) in [4.78, 5) is 11.2. The van der Waals surface area contributed by atoms with Crippen LogP contribution in [0.25, 0.3) is 0 Å². The average Bonchev–Trinajstić information content (AvgIpc) is 2.54. The number of halogens is 2. The first-order chi connectivity index (χ1) is 11.0. The van der Waals surface area contributed by atoms with Gasteiger partial charge in [0.15, 0.2) is 11.6 Å². The highest BCUT2D eigenvalue weighted by atomic mass is 19.2. The Morgan fingerprint density at radius 1 is 1.04 bits per heavy atom. The van der Waals surface area contributed by atoms with Crippen molar-refractivity contribution < 1.29 is 18.3 Å². The number of carbonyl (C=O) groups is 1. The van der Waals surface area contributed by atoms with Crippen molar-refractivity contribution in [2.75, 3.05) is 6.54 Å². The van der Waals surface area contributed by atoms with Crippen LogP contribution in [0, 0.1) is 17.6 Å². The Kier molecular flexibility index (Phi) is 5.65. The van der Waals surface area contributed by atoms with Crippen LogP contribution >= 0.6 is 0 Å². The van der Waals surface area contributed by atoms with E-state index in [1.54, 1.807) is 0 Å². The molecule has 0 fully saturated rings. The number of primary amides is 1. The Morgan fingerprint density at radius 2 is 1.70 bits per heavy atom. The Labute approximate surface area is 133 Å². The van der Waals surface area contributed by atoms with E-state index in [2.05, 4.69) is 0 Å². The molecule has 4 nitrogen and oxygen atoms in total. The van der Waals surface area contributed by atoms with Gasteiger partial charge in [0.1, 0.15) is 12.4 Å². The molecule has 4 N–H and O–H groups in total. The highest BCUT2D eigenvalue weighted by molar-refractivity contribution is 5.77. The molecule has 1 amide bonds. The minimum atomic E-state index is -0.947. The van der Waals surface area contributed by atoms with Gasteiger partial charge in [-0.05, 0) is 29.7 Å². The van der Waals surface area contributed by atoms with Gasteiger partial charge in [0.05, 0.1) is 5.92 Å². The maximum Gasteiger partial charge on any atom is 0.222 e. The molecule has 0 spiro atoms. The summed E-state index contributed by atoms with van der Waals surface area (Å²) in [5, 5.41) is 0. The molecule has 6 heteroatoms. The molecule has 2 aromatic carbocycles. The first-order valence-corrected chi connectivity index (χ1v) is 7.14. The van der Waals surface area contributed by atoms with Crippen molar-refractivity contribution in [1.82, 2.24) is 0 Å². The normalized spacial score (nSPS) is 12.0. The fourth-order valence-electron chi connectivity index (χ4n) is 2.09. The lowest BCUT2D eigenvalue weighted by Gasteiger charge is -2.11. The molecule has 122 valence electrons. The second-order valence-electron chi connectivity index (χ2n) is 5.22. The Hall–Kier alpha value is -2.47. The largest absolute Gasteiger partial charge is 0.489 e. The van der Waals surface area contributed by atoms with E-state index < -0.39 is 17.5 Å². The quantitative estimate of drug-likeness (QED) is 0.820. The smallest absolute Gasteiger partial charge is 0.222 e. The molecule has 0 bridgehead atoms. The summed E-state index contributed by atoms with van der Waals surface area (Å²) >= 11 is 0. The molecule has 0 heterocycles. The predicted molar refractivity (Wildman–Crippen MR) is 82.6 cm³/mol. The number of rotatable bonds is 7. The van der Waals surface area contributed by atoms with Gasteiger partial charge in [-0.25, -0.2) is 8.78 Å². The van der Waals surface area contributed by atoms with E-state index in [-0.39, 0.29) is 24.8 Å². The third-order valence-electron chi connectivity index (χ3n) is 3.49. The molecule has 0 aliphatic carbocycles. The number of carbonyl (C=O) groups excluding carboxylic acids is 1. The summed E-state index contributed by atoms with van der Waals surface area (Å²) in [6.07, 6.45) is 0.482. The Morgan fingerprint density at radius 3 is 2.26 bits per heavy atom. The van der Waals surface area contributed by atoms with Gasteiger partial charge in [-0.3, -0.25) is 4.79 Å². The van der Waals surface area contributed by atoms with Crippen LogP contribution in [-0.4, -0.2) is 12.5 Å². The van der Waals surface area contributed by atoms with E-state index in [0.717, 1.165) is 23.3 Å². The van der Waals surface area contributed by atoms with Crippen LogP contribution < -0.4 is 16.2 Å². The van der Waals surface area contributed by atoms with Gasteiger partial charge in [0.25, 0.3) is 0 Å². The third kappa shape index (κ3) is 4.75. The second kappa shape index (κ2) is 7.69. The summed E-state index contributed by atoms with van der Waals surface area (Å²) in [7, 11) is 0. The molecular weight excluding hydrogens is 302 g/mol. The highest BCUT2D eigenvalue weighted by Gasteiger charge is 2.13. The van der Waals surface area contributed by atoms with Gasteiger partial charge < -0.3 is 16.2 Å². The lowest BCUT2D eigenvalue weighted by Crippen LogP contribution is -2.31. The van der Waals surface area contributed by atoms with Crippen molar-refractivity contribution in [1.29, 1.82) is 0 Å². The number of nitrogens with two attached hydrogens (primary N) is 2. The molecule has 2 aromatic rings. The second-order valence-corrected chi connectivity index (χ2v) is 5.22. The van der Waals surface area contributed by atoms with Gasteiger partial charge in [0, 0.05) is 12.6 Å². The van der Waals surface area contributed by atoms with Gasteiger partial charge in [-0.2, -0.15) is 0 Å². The van der Waals surface area contributed by atoms with Gasteiger partial charge in [0.2, 0.25) is 5.91 Å². The standard InChI is InChI=1S/C17H18F2N2O2/c18-15-6-5-14(8-16(15)19)23-10-12-3-1-11(2-4-12)7-13(9-20)17(21)22/h1-6,8,13H,7,9-10,20H2,(H2,21,22)/t13-/m1/s1. The molecule has 1 atom stereocenters. The van der Waals surface area contributed by atoms with Crippen LogP contribution in [0.15, 0.2) is 42.5 Å². The number of amides is 1. The van der Waals surface area contributed by atoms with E-state index in [9.17, 15) is 13.6 Å². The SMILES string of the molecule is NC[C@@H](Cc1ccc(COc2ccc(F)c(F)c2)cc1)C(N)=O. The zero-order valence-corrected chi connectivity index (χ0v) is 12.5. The first kappa shape index (κ1) is 16.9. The molecule has 0 saturated heterocycles. The molecule has 2 rings (SSSR count). The molecule has 0 unspecified atom stereocenters. The van der Waals surface area contributed by atoms with Crippen LogP contribution in [0.2, 0.25) is 0 Å². The van der Waals surface area contributed by atoms with E-state index >= 15 is 0 Å². The van der Waals surface area contributed by atoms with Gasteiger partial charge >= 0.3 is 0 Å². The zero-order chi connectivity index (χ0) is 16.8. The van der Waals surface area contributed by atoms with Crippen molar-refractivity contribution in [3.8, 4) is 5.75 Å².